The van der Waals surface area contributed by atoms with Gasteiger partial charge in [-0.15, -0.1) is 0 Å². The molecule has 84 valence electrons. The van der Waals surface area contributed by atoms with Crippen molar-refractivity contribution in [2.45, 2.75) is 12.8 Å². The number of carboxylic acid groups (broad SMARTS) is 1. The quantitative estimate of drug-likeness (QED) is 0.609. The van der Waals surface area contributed by atoms with Crippen LogP contribution in [-0.2, 0) is 11.2 Å². The number of fused-ring (bicyclic) bond motifs is 1. The van der Waals surface area contributed by atoms with Crippen LogP contribution < -0.4 is 4.74 Å². The minimum Gasteiger partial charge on any atom is -0.492 e. The summed E-state index contributed by atoms with van der Waals surface area (Å²) in [5.41, 5.74) is 0.210. The summed E-state index contributed by atoms with van der Waals surface area (Å²) in [6.07, 6.45) is 1.44. The molecule has 0 spiro atoms. The van der Waals surface area contributed by atoms with Gasteiger partial charge >= 0.3 is 5.97 Å². The summed E-state index contributed by atoms with van der Waals surface area (Å²) in [7, 11) is 0. The predicted octanol–water partition coefficient (Wildman–Crippen LogP) is 1.42. The summed E-state index contributed by atoms with van der Waals surface area (Å²) in [6.45, 7) is 0.371. The molecule has 0 fully saturated rings. The van der Waals surface area contributed by atoms with Crippen molar-refractivity contribution >= 4 is 11.8 Å². The van der Waals surface area contributed by atoms with Gasteiger partial charge in [0.1, 0.15) is 17.1 Å². The number of aliphatic carboxylic acids is 1. The second-order valence-electron chi connectivity index (χ2n) is 3.50. The van der Waals surface area contributed by atoms with Crippen LogP contribution in [0.15, 0.2) is 12.1 Å². The van der Waals surface area contributed by atoms with Crippen molar-refractivity contribution in [3.05, 3.63) is 29.1 Å². The monoisotopic (exact) mass is 224 g/mol. The summed E-state index contributed by atoms with van der Waals surface area (Å²) in [5, 5.41) is 8.59. The number of benzene rings is 1. The maximum atomic E-state index is 13.4. The van der Waals surface area contributed by atoms with Crippen molar-refractivity contribution < 1.29 is 23.8 Å². The Labute approximate surface area is 90.6 Å². The molecule has 0 amide bonds. The number of aryl methyl sites for hydroxylation is 1. The number of rotatable bonds is 2. The molecule has 0 aromatic heterocycles. The Balaban J connectivity index is 2.58. The lowest BCUT2D eigenvalue weighted by Gasteiger charge is -2.19. The van der Waals surface area contributed by atoms with Crippen molar-refractivity contribution in [3.8, 4) is 5.75 Å². The molecule has 1 N–H and O–H groups in total. The minimum absolute atomic E-state index is 0.0821. The van der Waals surface area contributed by atoms with Gasteiger partial charge in [0, 0.05) is 0 Å². The molecule has 16 heavy (non-hydrogen) atoms. The van der Waals surface area contributed by atoms with Crippen LogP contribution in [0.5, 0.6) is 5.75 Å². The maximum Gasteiger partial charge on any atom is 0.377 e. The summed E-state index contributed by atoms with van der Waals surface area (Å²) < 4.78 is 18.6. The fourth-order valence-electron chi connectivity index (χ4n) is 1.72. The van der Waals surface area contributed by atoms with Crippen LogP contribution in [0.1, 0.15) is 22.3 Å². The highest BCUT2D eigenvalue weighted by Gasteiger charge is 2.27. The molecule has 0 saturated heterocycles. The fraction of sp³-hybridized carbons (Fsp3) is 0.273. The molecular formula is C11H9FO4. The van der Waals surface area contributed by atoms with Crippen molar-refractivity contribution in [2.24, 2.45) is 0 Å². The second-order valence-corrected chi connectivity index (χ2v) is 3.50. The van der Waals surface area contributed by atoms with Crippen molar-refractivity contribution in [1.82, 2.24) is 0 Å². The predicted molar refractivity (Wildman–Crippen MR) is 52.2 cm³/mol. The Morgan fingerprint density at radius 1 is 1.38 bits per heavy atom. The summed E-state index contributed by atoms with van der Waals surface area (Å²) in [5.74, 6) is -3.72. The van der Waals surface area contributed by atoms with Gasteiger partial charge in [0.25, 0.3) is 5.78 Å². The van der Waals surface area contributed by atoms with Gasteiger partial charge in [0.15, 0.2) is 0 Å². The van der Waals surface area contributed by atoms with Gasteiger partial charge in [-0.1, -0.05) is 6.07 Å². The normalized spacial score (nSPS) is 13.8. The third-order valence-electron chi connectivity index (χ3n) is 2.45. The number of hydrogen-bond donors (Lipinski definition) is 1. The topological polar surface area (TPSA) is 63.6 Å². The Morgan fingerprint density at radius 3 is 2.81 bits per heavy atom. The molecule has 1 aromatic rings. The zero-order valence-corrected chi connectivity index (χ0v) is 8.33. The standard InChI is InChI=1S/C11H9FO4/c12-7-4-3-6-2-1-5-16-10(6)8(7)9(13)11(14)15/h3-4H,1-2,5H2,(H,14,15). The van der Waals surface area contributed by atoms with Crippen molar-refractivity contribution in [1.29, 1.82) is 0 Å². The highest BCUT2D eigenvalue weighted by Crippen LogP contribution is 2.31. The molecule has 0 bridgehead atoms. The largest absolute Gasteiger partial charge is 0.492 e. The smallest absolute Gasteiger partial charge is 0.377 e. The van der Waals surface area contributed by atoms with E-state index in [1.54, 1.807) is 0 Å². The zero-order chi connectivity index (χ0) is 11.7. The minimum atomic E-state index is -1.68. The lowest BCUT2D eigenvalue weighted by atomic mass is 9.99. The summed E-state index contributed by atoms with van der Waals surface area (Å²) >= 11 is 0. The lowest BCUT2D eigenvalue weighted by Crippen LogP contribution is -2.19. The van der Waals surface area contributed by atoms with E-state index in [9.17, 15) is 14.0 Å². The first-order valence-electron chi connectivity index (χ1n) is 4.83. The Bertz CT molecular complexity index is 467. The van der Waals surface area contributed by atoms with E-state index in [4.69, 9.17) is 9.84 Å². The number of ether oxygens (including phenoxy) is 1. The van der Waals surface area contributed by atoms with Gasteiger partial charge in [-0.05, 0) is 24.5 Å². The average molecular weight is 224 g/mol. The van der Waals surface area contributed by atoms with Gasteiger partial charge in [-0.3, -0.25) is 4.79 Å². The number of carbonyl (C=O) groups excluding carboxylic acids is 1. The van der Waals surface area contributed by atoms with Crippen LogP contribution in [0.25, 0.3) is 0 Å². The molecule has 0 atom stereocenters. The number of carboxylic acids is 1. The third-order valence-corrected chi connectivity index (χ3v) is 2.45. The van der Waals surface area contributed by atoms with Crippen LogP contribution >= 0.6 is 0 Å². The van der Waals surface area contributed by atoms with Crippen LogP contribution in [-0.4, -0.2) is 23.5 Å². The van der Waals surface area contributed by atoms with E-state index in [0.717, 1.165) is 12.5 Å². The zero-order valence-electron chi connectivity index (χ0n) is 8.33. The highest BCUT2D eigenvalue weighted by atomic mass is 19.1. The first-order chi connectivity index (χ1) is 7.61. The maximum absolute atomic E-state index is 13.4. The van der Waals surface area contributed by atoms with Gasteiger partial charge in [0.2, 0.25) is 0 Å². The van der Waals surface area contributed by atoms with Crippen LogP contribution in [0, 0.1) is 5.82 Å². The summed E-state index contributed by atoms with van der Waals surface area (Å²) in [4.78, 5) is 21.9. The number of halogens is 1. The Hall–Kier alpha value is -1.91. The molecule has 1 aliphatic rings. The van der Waals surface area contributed by atoms with Crippen LogP contribution in [0.2, 0.25) is 0 Å². The number of carbonyl (C=O) groups is 2. The molecule has 0 unspecified atom stereocenters. The molecular weight excluding hydrogens is 215 g/mol. The first-order valence-corrected chi connectivity index (χ1v) is 4.83. The van der Waals surface area contributed by atoms with Crippen LogP contribution in [0.4, 0.5) is 4.39 Å². The van der Waals surface area contributed by atoms with Gasteiger partial charge < -0.3 is 9.84 Å². The molecule has 2 rings (SSSR count). The molecule has 1 aromatic carbocycles. The van der Waals surface area contributed by atoms with E-state index < -0.39 is 23.1 Å². The van der Waals surface area contributed by atoms with E-state index in [2.05, 4.69) is 0 Å². The fourth-order valence-corrected chi connectivity index (χ4v) is 1.72. The Kier molecular flexibility index (Phi) is 2.60. The number of hydrogen-bond acceptors (Lipinski definition) is 3. The second kappa shape index (κ2) is 3.92. The number of Topliss-reactive ketones (excluding diaryl/α,β-unsaturated/α-hetero) is 1. The Morgan fingerprint density at radius 2 is 2.12 bits per heavy atom. The molecule has 1 heterocycles. The van der Waals surface area contributed by atoms with E-state index in [1.165, 1.54) is 6.07 Å². The lowest BCUT2D eigenvalue weighted by molar-refractivity contribution is -0.131. The molecule has 0 aliphatic carbocycles. The van der Waals surface area contributed by atoms with Crippen LogP contribution in [0.3, 0.4) is 0 Å². The van der Waals surface area contributed by atoms with Gasteiger partial charge in [-0.25, -0.2) is 9.18 Å². The third kappa shape index (κ3) is 1.64. The van der Waals surface area contributed by atoms with E-state index >= 15 is 0 Å². The molecule has 4 nitrogen and oxygen atoms in total. The average Bonchev–Trinajstić information content (AvgIpc) is 2.28. The molecule has 5 heteroatoms. The highest BCUT2D eigenvalue weighted by molar-refractivity contribution is 6.40. The van der Waals surface area contributed by atoms with Gasteiger partial charge in [-0.2, -0.15) is 0 Å². The van der Waals surface area contributed by atoms with Crippen molar-refractivity contribution in [3.63, 3.8) is 0 Å². The van der Waals surface area contributed by atoms with Gasteiger partial charge in [0.05, 0.1) is 6.61 Å². The van der Waals surface area contributed by atoms with E-state index in [0.29, 0.717) is 18.6 Å². The van der Waals surface area contributed by atoms with E-state index in [-0.39, 0.29) is 5.75 Å². The SMILES string of the molecule is O=C(O)C(=O)c1c(F)ccc2c1OCCC2. The number of ketones is 1. The molecule has 0 radical (unpaired) electrons. The first kappa shape index (κ1) is 10.6. The molecule has 1 aliphatic heterocycles. The molecule has 0 saturated carbocycles. The summed E-state index contributed by atoms with van der Waals surface area (Å²) in [6, 6.07) is 2.62. The van der Waals surface area contributed by atoms with E-state index in [1.807, 2.05) is 0 Å². The van der Waals surface area contributed by atoms with Crippen molar-refractivity contribution in [2.75, 3.05) is 6.61 Å².